The SMILES string of the molecule is C[C@H](NC(=O)[C@@H]1CCCCOc2cccc(c2)C[C@H](N2CCCC2=O)C(=O)NC(CCN2CCOCC2)C(=O)N1)C1CC1. The molecule has 1 saturated carbocycles. The first kappa shape index (κ1) is 31.3. The van der Waals surface area contributed by atoms with Gasteiger partial charge in [0.05, 0.1) is 19.8 Å². The Labute approximate surface area is 254 Å². The van der Waals surface area contributed by atoms with E-state index in [4.69, 9.17) is 9.47 Å². The number of morpholine rings is 1. The van der Waals surface area contributed by atoms with Crippen molar-refractivity contribution in [2.24, 2.45) is 5.92 Å². The van der Waals surface area contributed by atoms with E-state index in [0.717, 1.165) is 37.9 Å². The van der Waals surface area contributed by atoms with Crippen LogP contribution in [-0.2, 0) is 30.3 Å². The molecule has 3 aliphatic heterocycles. The van der Waals surface area contributed by atoms with Crippen LogP contribution >= 0.6 is 0 Å². The molecule has 0 aromatic heterocycles. The zero-order chi connectivity index (χ0) is 30.2. The van der Waals surface area contributed by atoms with Crippen LogP contribution in [0.5, 0.6) is 5.75 Å². The summed E-state index contributed by atoms with van der Waals surface area (Å²) in [6.45, 7) is 6.37. The first-order valence-corrected chi connectivity index (χ1v) is 16.1. The number of hydrogen-bond donors (Lipinski definition) is 3. The van der Waals surface area contributed by atoms with E-state index in [-0.39, 0.29) is 29.7 Å². The number of nitrogens with one attached hydrogen (secondary N) is 3. The normalized spacial score (nSPS) is 27.1. The predicted octanol–water partition coefficient (Wildman–Crippen LogP) is 1.39. The highest BCUT2D eigenvalue weighted by Crippen LogP contribution is 2.32. The van der Waals surface area contributed by atoms with Crippen molar-refractivity contribution in [3.63, 3.8) is 0 Å². The van der Waals surface area contributed by atoms with Gasteiger partial charge in [-0.25, -0.2) is 0 Å². The van der Waals surface area contributed by atoms with Crippen molar-refractivity contribution in [2.75, 3.05) is 46.0 Å². The van der Waals surface area contributed by atoms with Crippen LogP contribution in [0.3, 0.4) is 0 Å². The lowest BCUT2D eigenvalue weighted by Crippen LogP contribution is -2.58. The molecule has 11 heteroatoms. The summed E-state index contributed by atoms with van der Waals surface area (Å²) in [5.74, 6) is 0.206. The maximum atomic E-state index is 14.0. The smallest absolute Gasteiger partial charge is 0.243 e. The average Bonchev–Trinajstić information content (AvgIpc) is 3.78. The van der Waals surface area contributed by atoms with E-state index < -0.39 is 18.1 Å². The van der Waals surface area contributed by atoms with E-state index in [1.54, 1.807) is 4.90 Å². The fourth-order valence-electron chi connectivity index (χ4n) is 6.22. The molecule has 2 bridgehead atoms. The number of rotatable bonds is 7. The summed E-state index contributed by atoms with van der Waals surface area (Å²) in [5, 5.41) is 9.10. The number of hydrogen-bond acceptors (Lipinski definition) is 7. The van der Waals surface area contributed by atoms with Crippen LogP contribution in [0.25, 0.3) is 0 Å². The summed E-state index contributed by atoms with van der Waals surface area (Å²) in [7, 11) is 0. The fraction of sp³-hybridized carbons (Fsp3) is 0.688. The maximum absolute atomic E-state index is 14.0. The molecule has 43 heavy (non-hydrogen) atoms. The van der Waals surface area contributed by atoms with Gasteiger partial charge < -0.3 is 30.3 Å². The van der Waals surface area contributed by atoms with Crippen molar-refractivity contribution in [3.8, 4) is 5.75 Å². The lowest BCUT2D eigenvalue weighted by atomic mass is 10.0. The molecule has 2 saturated heterocycles. The summed E-state index contributed by atoms with van der Waals surface area (Å²) in [6, 6.07) is 5.37. The quantitative estimate of drug-likeness (QED) is 0.433. The number of carbonyl (C=O) groups excluding carboxylic acids is 4. The molecular weight excluding hydrogens is 550 g/mol. The monoisotopic (exact) mass is 597 g/mol. The predicted molar refractivity (Wildman–Crippen MR) is 160 cm³/mol. The van der Waals surface area contributed by atoms with Crippen LogP contribution in [0.15, 0.2) is 24.3 Å². The molecule has 1 unspecified atom stereocenters. The number of nitrogens with zero attached hydrogens (tertiary/aromatic N) is 2. The van der Waals surface area contributed by atoms with E-state index >= 15 is 0 Å². The number of fused-ring (bicyclic) bond motifs is 2. The van der Waals surface area contributed by atoms with E-state index in [0.29, 0.717) is 83.1 Å². The Hall–Kier alpha value is -3.18. The van der Waals surface area contributed by atoms with Crippen LogP contribution in [-0.4, -0.2) is 104 Å². The summed E-state index contributed by atoms with van der Waals surface area (Å²) >= 11 is 0. The van der Waals surface area contributed by atoms with Gasteiger partial charge in [0.15, 0.2) is 0 Å². The second-order valence-corrected chi connectivity index (χ2v) is 12.4. The van der Waals surface area contributed by atoms with Gasteiger partial charge in [0, 0.05) is 45.1 Å². The lowest BCUT2D eigenvalue weighted by Gasteiger charge is -2.31. The molecule has 236 valence electrons. The Kier molecular flexibility index (Phi) is 10.9. The molecule has 11 nitrogen and oxygen atoms in total. The van der Waals surface area contributed by atoms with Crippen molar-refractivity contribution in [1.29, 1.82) is 0 Å². The van der Waals surface area contributed by atoms with Gasteiger partial charge in [-0.15, -0.1) is 0 Å². The third kappa shape index (κ3) is 8.92. The molecule has 0 spiro atoms. The molecule has 1 aromatic rings. The summed E-state index contributed by atoms with van der Waals surface area (Å²) in [6.07, 6.45) is 5.90. The van der Waals surface area contributed by atoms with Crippen LogP contribution in [0.1, 0.15) is 63.9 Å². The number of benzene rings is 1. The zero-order valence-corrected chi connectivity index (χ0v) is 25.4. The molecule has 1 aliphatic carbocycles. The molecule has 3 fully saturated rings. The molecule has 4 aliphatic rings. The van der Waals surface area contributed by atoms with Gasteiger partial charge in [-0.1, -0.05) is 12.1 Å². The molecule has 0 radical (unpaired) electrons. The number of likely N-dealkylation sites (tertiary alicyclic amines) is 1. The summed E-state index contributed by atoms with van der Waals surface area (Å²) in [4.78, 5) is 57.9. The average molecular weight is 598 g/mol. The van der Waals surface area contributed by atoms with E-state index in [1.165, 1.54) is 0 Å². The minimum Gasteiger partial charge on any atom is -0.494 e. The van der Waals surface area contributed by atoms with Crippen LogP contribution in [0.2, 0.25) is 0 Å². The summed E-state index contributed by atoms with van der Waals surface area (Å²) in [5.41, 5.74) is 0.889. The third-order valence-electron chi connectivity index (χ3n) is 9.07. The number of carbonyl (C=O) groups is 4. The molecule has 3 heterocycles. The van der Waals surface area contributed by atoms with Crippen molar-refractivity contribution in [2.45, 2.75) is 88.9 Å². The number of amides is 4. The lowest BCUT2D eigenvalue weighted by molar-refractivity contribution is -0.139. The molecule has 3 N–H and O–H groups in total. The van der Waals surface area contributed by atoms with Gasteiger partial charge in [0.25, 0.3) is 0 Å². The highest BCUT2D eigenvalue weighted by molar-refractivity contribution is 5.94. The molecular formula is C32H47N5O6. The van der Waals surface area contributed by atoms with Crippen molar-refractivity contribution in [3.05, 3.63) is 29.8 Å². The molecule has 4 amide bonds. The highest BCUT2D eigenvalue weighted by Gasteiger charge is 2.36. The minimum atomic E-state index is -0.853. The van der Waals surface area contributed by atoms with Crippen molar-refractivity contribution in [1.82, 2.24) is 25.8 Å². The van der Waals surface area contributed by atoms with E-state index in [2.05, 4.69) is 20.9 Å². The van der Waals surface area contributed by atoms with E-state index in [9.17, 15) is 19.2 Å². The Bertz CT molecular complexity index is 1140. The van der Waals surface area contributed by atoms with E-state index in [1.807, 2.05) is 31.2 Å². The van der Waals surface area contributed by atoms with Gasteiger partial charge in [-0.05, 0) is 75.5 Å². The standard InChI is InChI=1S/C32H47N5O6/c1-22(24-10-11-24)33-30(39)26-8-2-3-17-43-25-7-4-6-23(20-25)21-28(37-13-5-9-29(37)38)32(41)35-27(31(40)34-26)12-14-36-15-18-42-19-16-36/h4,6-7,20,22,24,26-28H,2-3,5,8-19,21H2,1H3,(H,33,39)(H,34,40)(H,35,41)/t22-,26-,27?,28-/m0/s1. The summed E-state index contributed by atoms with van der Waals surface area (Å²) < 4.78 is 11.5. The van der Waals surface area contributed by atoms with Crippen LogP contribution in [0.4, 0.5) is 0 Å². The van der Waals surface area contributed by atoms with Crippen LogP contribution in [0, 0.1) is 5.92 Å². The van der Waals surface area contributed by atoms with Crippen molar-refractivity contribution >= 4 is 23.6 Å². The maximum Gasteiger partial charge on any atom is 0.243 e. The Morgan fingerprint density at radius 3 is 2.56 bits per heavy atom. The van der Waals surface area contributed by atoms with Gasteiger partial charge in [0.1, 0.15) is 23.9 Å². The highest BCUT2D eigenvalue weighted by atomic mass is 16.5. The van der Waals surface area contributed by atoms with Gasteiger partial charge in [-0.3, -0.25) is 24.1 Å². The minimum absolute atomic E-state index is 0.0518. The van der Waals surface area contributed by atoms with Gasteiger partial charge >= 0.3 is 0 Å². The first-order chi connectivity index (χ1) is 20.9. The fourth-order valence-corrected chi connectivity index (χ4v) is 6.22. The first-order valence-electron chi connectivity index (χ1n) is 16.1. The Balaban J connectivity index is 1.38. The third-order valence-corrected chi connectivity index (χ3v) is 9.07. The Morgan fingerprint density at radius 2 is 1.81 bits per heavy atom. The van der Waals surface area contributed by atoms with Crippen molar-refractivity contribution < 1.29 is 28.7 Å². The topological polar surface area (TPSA) is 129 Å². The second-order valence-electron chi connectivity index (χ2n) is 12.4. The molecule has 5 rings (SSSR count). The number of ether oxygens (including phenoxy) is 2. The Morgan fingerprint density at radius 1 is 1.00 bits per heavy atom. The molecule has 1 aromatic carbocycles. The molecule has 4 atom stereocenters. The zero-order valence-electron chi connectivity index (χ0n) is 25.4. The van der Waals surface area contributed by atoms with Gasteiger partial charge in [0.2, 0.25) is 23.6 Å². The largest absolute Gasteiger partial charge is 0.494 e. The van der Waals surface area contributed by atoms with Gasteiger partial charge in [-0.2, -0.15) is 0 Å². The second kappa shape index (κ2) is 15.0. The van der Waals surface area contributed by atoms with Crippen LogP contribution < -0.4 is 20.7 Å².